The van der Waals surface area contributed by atoms with Crippen LogP contribution in [0.1, 0.15) is 20.8 Å². The summed E-state index contributed by atoms with van der Waals surface area (Å²) in [6, 6.07) is 0. The summed E-state index contributed by atoms with van der Waals surface area (Å²) >= 11 is 4.36. The van der Waals surface area contributed by atoms with E-state index >= 15 is 0 Å². The van der Waals surface area contributed by atoms with Gasteiger partial charge in [-0.25, -0.2) is 0 Å². The Kier molecular flexibility index (Phi) is 5.19. The highest BCUT2D eigenvalue weighted by atomic mass is 32.1. The Morgan fingerprint density at radius 2 is 2.00 bits per heavy atom. The zero-order valence-corrected chi connectivity index (χ0v) is 9.66. The van der Waals surface area contributed by atoms with Crippen molar-refractivity contribution in [2.24, 2.45) is 9.98 Å². The van der Waals surface area contributed by atoms with Gasteiger partial charge in [0.05, 0.1) is 10.9 Å². The molecule has 2 nitrogen and oxygen atoms in total. The quantitative estimate of drug-likeness (QED) is 0.534. The second kappa shape index (κ2) is 5.63. The highest BCUT2D eigenvalue weighted by Crippen LogP contribution is 2.18. The van der Waals surface area contributed by atoms with Gasteiger partial charge in [-0.05, 0) is 32.1 Å². The van der Waals surface area contributed by atoms with E-state index in [1.54, 1.807) is 6.92 Å². The Bertz CT molecular complexity index is 358. The maximum atomic E-state index is 13.0. The molecule has 0 amide bonds. The van der Waals surface area contributed by atoms with Gasteiger partial charge in [0.25, 0.3) is 5.92 Å². The van der Waals surface area contributed by atoms with Crippen molar-refractivity contribution < 1.29 is 8.78 Å². The summed E-state index contributed by atoms with van der Waals surface area (Å²) in [5.41, 5.74) is 0.245. The molecule has 0 aromatic carbocycles. The van der Waals surface area contributed by atoms with Crippen molar-refractivity contribution in [2.45, 2.75) is 26.7 Å². The predicted octanol–water partition coefficient (Wildman–Crippen LogP) is 3.62. The molecule has 0 aromatic heterocycles. The van der Waals surface area contributed by atoms with Crippen molar-refractivity contribution >= 4 is 23.1 Å². The zero-order valence-electron chi connectivity index (χ0n) is 8.84. The van der Waals surface area contributed by atoms with E-state index < -0.39 is 5.92 Å². The van der Waals surface area contributed by atoms with Crippen LogP contribution in [-0.2, 0) is 0 Å². The van der Waals surface area contributed by atoms with Crippen LogP contribution in [-0.4, -0.2) is 16.8 Å². The number of hydrogen-bond acceptors (Lipinski definition) is 3. The van der Waals surface area contributed by atoms with Crippen LogP contribution < -0.4 is 0 Å². The summed E-state index contributed by atoms with van der Waals surface area (Å²) in [7, 11) is 0. The molecule has 0 radical (unpaired) electrons. The number of allylic oxidation sites excluding steroid dienone is 3. The fourth-order valence-electron chi connectivity index (χ4n) is 0.765. The van der Waals surface area contributed by atoms with E-state index in [1.165, 1.54) is 6.92 Å². The molecule has 0 aliphatic carbocycles. The Balaban J connectivity index is 5.25. The van der Waals surface area contributed by atoms with Crippen molar-refractivity contribution in [1.29, 1.82) is 0 Å². The normalized spacial score (nSPS) is 13.4. The molecule has 0 saturated carbocycles. The van der Waals surface area contributed by atoms with Gasteiger partial charge < -0.3 is 0 Å². The Morgan fingerprint density at radius 1 is 1.47 bits per heavy atom. The number of isothiocyanates is 1. The van der Waals surface area contributed by atoms with Crippen LogP contribution in [0.5, 0.6) is 0 Å². The molecule has 0 heterocycles. The minimum absolute atomic E-state index is 0.307. The molecule has 0 fully saturated rings. The van der Waals surface area contributed by atoms with Gasteiger partial charge >= 0.3 is 0 Å². The van der Waals surface area contributed by atoms with E-state index in [2.05, 4.69) is 33.9 Å². The van der Waals surface area contributed by atoms with Crippen LogP contribution in [0.4, 0.5) is 8.78 Å². The number of aliphatic imine (C=N–C) groups is 2. The van der Waals surface area contributed by atoms with Gasteiger partial charge in [-0.1, -0.05) is 6.58 Å². The first kappa shape index (κ1) is 13.8. The van der Waals surface area contributed by atoms with E-state index in [1.807, 2.05) is 0 Å². The molecule has 5 heteroatoms. The lowest BCUT2D eigenvalue weighted by Gasteiger charge is -2.10. The number of rotatable bonds is 4. The number of nitrogens with zero attached hydrogens (tertiary/aromatic N) is 2. The zero-order chi connectivity index (χ0) is 12.1. The predicted molar refractivity (Wildman–Crippen MR) is 61.7 cm³/mol. The van der Waals surface area contributed by atoms with Gasteiger partial charge in [0.15, 0.2) is 0 Å². The lowest BCUT2D eigenvalue weighted by Crippen LogP contribution is -2.22. The first-order valence-corrected chi connectivity index (χ1v) is 4.57. The summed E-state index contributed by atoms with van der Waals surface area (Å²) in [6.45, 7) is 7.29. The van der Waals surface area contributed by atoms with E-state index in [4.69, 9.17) is 0 Å². The largest absolute Gasteiger partial charge is 0.287 e. The first-order valence-electron chi connectivity index (χ1n) is 4.16. The van der Waals surface area contributed by atoms with E-state index in [-0.39, 0.29) is 5.71 Å². The van der Waals surface area contributed by atoms with Crippen LogP contribution in [0, 0.1) is 0 Å². The van der Waals surface area contributed by atoms with Crippen molar-refractivity contribution in [2.75, 3.05) is 0 Å². The molecular formula is C10H12F2N2S. The molecule has 0 aromatic rings. The van der Waals surface area contributed by atoms with Crippen LogP contribution in [0.2, 0.25) is 0 Å². The maximum absolute atomic E-state index is 13.0. The van der Waals surface area contributed by atoms with Crippen LogP contribution in [0.25, 0.3) is 0 Å². The molecule has 0 atom stereocenters. The van der Waals surface area contributed by atoms with Gasteiger partial charge in [0.1, 0.15) is 5.71 Å². The van der Waals surface area contributed by atoms with Crippen LogP contribution in [0.3, 0.4) is 0 Å². The van der Waals surface area contributed by atoms with E-state index in [0.29, 0.717) is 11.4 Å². The Hall–Kier alpha value is -1.19. The molecule has 0 aliphatic rings. The van der Waals surface area contributed by atoms with Gasteiger partial charge in [0, 0.05) is 12.6 Å². The summed E-state index contributed by atoms with van der Waals surface area (Å²) in [6.07, 6.45) is 1.16. The molecule has 0 saturated heterocycles. The van der Waals surface area contributed by atoms with Crippen molar-refractivity contribution in [3.8, 4) is 0 Å². The highest BCUT2D eigenvalue weighted by Gasteiger charge is 2.27. The number of hydrogen-bond donors (Lipinski definition) is 0. The number of alkyl halides is 2. The molecule has 0 N–H and O–H groups in total. The summed E-state index contributed by atoms with van der Waals surface area (Å²) in [5.74, 6) is -3.03. The summed E-state index contributed by atoms with van der Waals surface area (Å²) in [5, 5.41) is 2.10. The minimum atomic E-state index is -3.03. The average Bonchev–Trinajstić information content (AvgIpc) is 2.00. The third-order valence-electron chi connectivity index (χ3n) is 1.33. The van der Waals surface area contributed by atoms with E-state index in [0.717, 1.165) is 13.0 Å². The third kappa shape index (κ3) is 5.99. The fraction of sp³-hybridized carbons (Fsp3) is 0.400. The van der Waals surface area contributed by atoms with E-state index in [9.17, 15) is 8.78 Å². The SMILES string of the molecule is C=C(C)/N=C(\C=C(/C)N=C=S)C(C)(F)F. The monoisotopic (exact) mass is 230 g/mol. The molecule has 0 aliphatic heterocycles. The summed E-state index contributed by atoms with van der Waals surface area (Å²) in [4.78, 5) is 7.21. The van der Waals surface area contributed by atoms with Crippen molar-refractivity contribution in [3.05, 3.63) is 24.0 Å². The van der Waals surface area contributed by atoms with Gasteiger partial charge in [-0.3, -0.25) is 4.99 Å². The molecule has 0 rings (SSSR count). The molecule has 0 bridgehead atoms. The molecule has 82 valence electrons. The smallest absolute Gasteiger partial charge is 0.252 e. The fourth-order valence-corrected chi connectivity index (χ4v) is 0.909. The minimum Gasteiger partial charge on any atom is -0.252 e. The topological polar surface area (TPSA) is 24.7 Å². The van der Waals surface area contributed by atoms with Crippen molar-refractivity contribution in [1.82, 2.24) is 0 Å². The maximum Gasteiger partial charge on any atom is 0.287 e. The lowest BCUT2D eigenvalue weighted by atomic mass is 10.2. The summed E-state index contributed by atoms with van der Waals surface area (Å²) < 4.78 is 26.1. The second-order valence-electron chi connectivity index (χ2n) is 3.11. The number of thiocarbonyl (C=S) groups is 1. The van der Waals surface area contributed by atoms with Crippen molar-refractivity contribution in [3.63, 3.8) is 0 Å². The molecule has 0 spiro atoms. The van der Waals surface area contributed by atoms with Crippen LogP contribution >= 0.6 is 12.2 Å². The third-order valence-corrected chi connectivity index (χ3v) is 1.42. The average molecular weight is 230 g/mol. The van der Waals surface area contributed by atoms with Crippen LogP contribution in [0.15, 0.2) is 34.0 Å². The van der Waals surface area contributed by atoms with Gasteiger partial charge in [-0.2, -0.15) is 13.8 Å². The molecule has 15 heavy (non-hydrogen) atoms. The Labute approximate surface area is 93.1 Å². The second-order valence-corrected chi connectivity index (χ2v) is 3.29. The number of halogens is 2. The van der Waals surface area contributed by atoms with Gasteiger partial charge in [-0.15, -0.1) is 0 Å². The van der Waals surface area contributed by atoms with Gasteiger partial charge in [0.2, 0.25) is 0 Å². The first-order chi connectivity index (χ1) is 6.77. The molecule has 0 unspecified atom stereocenters. The standard InChI is InChI=1S/C10H12F2N2S/c1-7(2)14-9(10(4,11)12)5-8(3)13-6-15/h5H,1H2,2-4H3/b8-5+,14-9+. The molecular weight excluding hydrogens is 218 g/mol. The Morgan fingerprint density at radius 3 is 2.33 bits per heavy atom. The highest BCUT2D eigenvalue weighted by molar-refractivity contribution is 7.78. The lowest BCUT2D eigenvalue weighted by molar-refractivity contribution is 0.102.